The van der Waals surface area contributed by atoms with Gasteiger partial charge in [0.1, 0.15) is 23.4 Å². The molecule has 4 aromatic rings. The van der Waals surface area contributed by atoms with Gasteiger partial charge in [-0.2, -0.15) is 4.98 Å². The van der Waals surface area contributed by atoms with E-state index in [9.17, 15) is 4.79 Å². The van der Waals surface area contributed by atoms with Gasteiger partial charge in [-0.1, -0.05) is 36.4 Å². The Morgan fingerprint density at radius 3 is 2.58 bits per heavy atom. The van der Waals surface area contributed by atoms with Gasteiger partial charge in [0.15, 0.2) is 0 Å². The number of allylic oxidation sites excluding steroid dienone is 2. The molecule has 2 aromatic heterocycles. The number of nitrogens with two attached hydrogens (primary N) is 1. The topological polar surface area (TPSA) is 111 Å². The molecule has 7 rings (SSSR count). The number of carbonyl (C=O) groups excluding carboxylic acids is 1. The first-order valence-corrected chi connectivity index (χ1v) is 18.5. The van der Waals surface area contributed by atoms with Crippen LogP contribution in [0.25, 0.3) is 16.9 Å². The lowest BCUT2D eigenvalue weighted by molar-refractivity contribution is 0.0171. The van der Waals surface area contributed by atoms with Gasteiger partial charge in [0.2, 0.25) is 11.9 Å². The van der Waals surface area contributed by atoms with Crippen LogP contribution in [0.2, 0.25) is 0 Å². The summed E-state index contributed by atoms with van der Waals surface area (Å²) >= 11 is 0. The van der Waals surface area contributed by atoms with Gasteiger partial charge >= 0.3 is 0 Å². The molecule has 1 amide bonds. The number of likely N-dealkylation sites (N-methyl/N-ethyl adjacent to an activating group) is 1. The van der Waals surface area contributed by atoms with Crippen molar-refractivity contribution in [1.29, 1.82) is 0 Å². The molecule has 1 saturated heterocycles. The number of rotatable bonds is 13. The van der Waals surface area contributed by atoms with Crippen molar-refractivity contribution in [1.82, 2.24) is 24.3 Å². The highest BCUT2D eigenvalue weighted by Crippen LogP contribution is 2.39. The van der Waals surface area contributed by atoms with Crippen molar-refractivity contribution in [3.63, 3.8) is 0 Å². The summed E-state index contributed by atoms with van der Waals surface area (Å²) in [6.07, 6.45) is 7.48. The molecule has 3 aliphatic rings. The summed E-state index contributed by atoms with van der Waals surface area (Å²) in [4.78, 5) is 30.5. The minimum atomic E-state index is -0.460. The largest absolute Gasteiger partial charge is 0.501 e. The molecule has 0 saturated carbocycles. The smallest absolute Gasteiger partial charge is 0.249 e. The maximum absolute atomic E-state index is 12.5. The van der Waals surface area contributed by atoms with Crippen LogP contribution in [0.3, 0.4) is 0 Å². The molecular weight excluding hydrogens is 654 g/mol. The zero-order valence-corrected chi connectivity index (χ0v) is 30.9. The number of hydrogen-bond donors (Lipinski definition) is 1. The Morgan fingerprint density at radius 2 is 1.83 bits per heavy atom. The monoisotopic (exact) mass is 705 g/mol. The van der Waals surface area contributed by atoms with Crippen LogP contribution in [0.4, 0.5) is 5.82 Å². The third kappa shape index (κ3) is 7.58. The zero-order valence-electron chi connectivity index (χ0n) is 30.9. The second-order valence-electron chi connectivity index (χ2n) is 14.2. The van der Waals surface area contributed by atoms with Crippen molar-refractivity contribution >= 4 is 22.6 Å². The first-order chi connectivity index (χ1) is 25.3. The number of anilines is 1. The first-order valence-electron chi connectivity index (χ1n) is 18.5. The quantitative estimate of drug-likeness (QED) is 0.191. The Balaban J connectivity index is 1.33. The normalized spacial score (nSPS) is 19.5. The summed E-state index contributed by atoms with van der Waals surface area (Å²) in [5.74, 6) is 2.79. The molecule has 11 nitrogen and oxygen atoms in total. The van der Waals surface area contributed by atoms with Crippen LogP contribution in [0.5, 0.6) is 0 Å². The highest BCUT2D eigenvalue weighted by molar-refractivity contribution is 6.06. The number of aromatic nitrogens is 3. The van der Waals surface area contributed by atoms with Gasteiger partial charge in [-0.15, -0.1) is 0 Å². The van der Waals surface area contributed by atoms with Gasteiger partial charge in [-0.3, -0.25) is 14.3 Å². The molecule has 2 unspecified atom stereocenters. The lowest BCUT2D eigenvalue weighted by atomic mass is 9.92. The highest BCUT2D eigenvalue weighted by Gasteiger charge is 2.32. The summed E-state index contributed by atoms with van der Waals surface area (Å²) in [6.45, 7) is 9.16. The van der Waals surface area contributed by atoms with Gasteiger partial charge in [-0.25, -0.2) is 4.98 Å². The Labute approximate surface area is 306 Å². The maximum Gasteiger partial charge on any atom is 0.249 e. The maximum atomic E-state index is 12.5. The van der Waals surface area contributed by atoms with Gasteiger partial charge in [0, 0.05) is 80.0 Å². The first kappa shape index (κ1) is 35.7. The number of hydrogen-bond acceptors (Lipinski definition) is 9. The fourth-order valence-corrected chi connectivity index (χ4v) is 7.87. The van der Waals surface area contributed by atoms with E-state index in [1.807, 2.05) is 37.3 Å². The van der Waals surface area contributed by atoms with Crippen LogP contribution in [0.1, 0.15) is 58.2 Å². The molecule has 2 aliphatic carbocycles. The predicted octanol–water partition coefficient (Wildman–Crippen LogP) is 5.56. The summed E-state index contributed by atoms with van der Waals surface area (Å²) in [5, 5.41) is 0.786. The van der Waals surface area contributed by atoms with Crippen molar-refractivity contribution in [2.24, 2.45) is 11.7 Å². The Kier molecular flexibility index (Phi) is 10.9. The summed E-state index contributed by atoms with van der Waals surface area (Å²) in [7, 11) is 5.60. The number of amides is 1. The Morgan fingerprint density at radius 1 is 1.02 bits per heavy atom. The van der Waals surface area contributed by atoms with Gasteiger partial charge in [0.05, 0.1) is 32.0 Å². The van der Waals surface area contributed by atoms with Crippen LogP contribution in [0, 0.1) is 12.8 Å². The number of ether oxygens (including phenoxy) is 3. The molecule has 1 fully saturated rings. The number of methoxy groups -OCH3 is 2. The minimum Gasteiger partial charge on any atom is -0.501 e. The van der Waals surface area contributed by atoms with E-state index >= 15 is 0 Å². The number of aryl methyl sites for hydroxylation is 1. The molecule has 0 spiro atoms. The lowest BCUT2D eigenvalue weighted by Gasteiger charge is -2.35. The van der Waals surface area contributed by atoms with E-state index in [0.717, 1.165) is 104 Å². The van der Waals surface area contributed by atoms with Crippen molar-refractivity contribution < 1.29 is 19.0 Å². The highest BCUT2D eigenvalue weighted by atomic mass is 16.5. The minimum absolute atomic E-state index is 0.0909. The van der Waals surface area contributed by atoms with Crippen LogP contribution in [0.15, 0.2) is 78.3 Å². The van der Waals surface area contributed by atoms with Crippen LogP contribution < -0.4 is 10.6 Å². The number of piperazine rings is 1. The molecular formula is C41H51N7O4. The van der Waals surface area contributed by atoms with Crippen LogP contribution in [-0.4, -0.2) is 97.4 Å². The van der Waals surface area contributed by atoms with Crippen LogP contribution >= 0.6 is 0 Å². The number of benzene rings is 2. The second kappa shape index (κ2) is 15.9. The molecule has 3 heterocycles. The Hall–Kier alpha value is -4.71. The van der Waals surface area contributed by atoms with Crippen molar-refractivity contribution in [2.45, 2.75) is 45.3 Å². The Bertz CT molecular complexity index is 1950. The average Bonchev–Trinajstić information content (AvgIpc) is 3.51. The molecule has 0 bridgehead atoms. The third-order valence-corrected chi connectivity index (χ3v) is 10.7. The van der Waals surface area contributed by atoms with E-state index in [2.05, 4.69) is 56.7 Å². The molecule has 2 aromatic carbocycles. The van der Waals surface area contributed by atoms with Crippen molar-refractivity contribution in [3.8, 4) is 5.95 Å². The molecule has 11 heteroatoms. The van der Waals surface area contributed by atoms with E-state index in [0.29, 0.717) is 31.2 Å². The number of primary amides is 1. The second-order valence-corrected chi connectivity index (χ2v) is 14.2. The number of carbonyl (C=O) groups is 1. The summed E-state index contributed by atoms with van der Waals surface area (Å²) < 4.78 is 20.3. The summed E-state index contributed by atoms with van der Waals surface area (Å²) in [6, 6.07) is 18.2. The number of fused-ring (bicyclic) bond motifs is 2. The lowest BCUT2D eigenvalue weighted by Crippen LogP contribution is -2.45. The van der Waals surface area contributed by atoms with E-state index < -0.39 is 5.91 Å². The molecule has 0 radical (unpaired) electrons. The third-order valence-electron chi connectivity index (χ3n) is 10.7. The predicted molar refractivity (Wildman–Crippen MR) is 203 cm³/mol. The van der Waals surface area contributed by atoms with Crippen molar-refractivity contribution in [3.05, 3.63) is 106 Å². The van der Waals surface area contributed by atoms with Gasteiger partial charge < -0.3 is 29.7 Å². The van der Waals surface area contributed by atoms with E-state index in [-0.39, 0.29) is 12.0 Å². The van der Waals surface area contributed by atoms with E-state index in [4.69, 9.17) is 29.9 Å². The zero-order chi connectivity index (χ0) is 36.2. The van der Waals surface area contributed by atoms with E-state index in [1.165, 1.54) is 5.56 Å². The molecule has 52 heavy (non-hydrogen) atoms. The van der Waals surface area contributed by atoms with Crippen molar-refractivity contribution in [2.75, 3.05) is 72.0 Å². The van der Waals surface area contributed by atoms with E-state index in [1.54, 1.807) is 20.3 Å². The SMILES string of the molecule is COC1=CCC(CN(Cc2ccccc2)c2nc(-n3c(C)cc4c(C(N)=O)cccc43)nc3c2CCCC3OCCN2CCN(C)CC2)C(OC)=C1. The average molecular weight is 706 g/mol. The summed E-state index contributed by atoms with van der Waals surface area (Å²) in [5.41, 5.74) is 11.3. The van der Waals surface area contributed by atoms with Gasteiger partial charge in [-0.05, 0) is 69.5 Å². The number of nitrogens with zero attached hydrogens (tertiary/aromatic N) is 6. The van der Waals surface area contributed by atoms with Gasteiger partial charge in [0.25, 0.3) is 0 Å². The molecule has 274 valence electrons. The standard InChI is InChI=1S/C41H51N7O4/c1-28-24-34-32(39(42)49)12-8-14-35(34)48(28)41-43-38-33(13-9-15-36(38)52-23-22-46-20-18-45(2)19-21-46)40(44-41)47(26-29-10-6-5-7-11-29)27-30-16-17-31(50-3)25-37(30)51-4/h5-8,10-12,14,17,24-25,30,36H,9,13,15-16,18-23,26-27H2,1-4H3,(H2,42,49). The molecule has 1 aliphatic heterocycles. The molecule has 2 N–H and O–H groups in total. The fraction of sp³-hybridized carbons (Fsp3) is 0.439. The fourth-order valence-electron chi connectivity index (χ4n) is 7.87. The van der Waals surface area contributed by atoms with Crippen LogP contribution in [-0.2, 0) is 27.2 Å². The molecule has 2 atom stereocenters.